The quantitative estimate of drug-likeness (QED) is 0.713. The monoisotopic (exact) mass is 360 g/mol. The van der Waals surface area contributed by atoms with Gasteiger partial charge in [-0.1, -0.05) is 11.6 Å². The van der Waals surface area contributed by atoms with Crippen LogP contribution in [0.2, 0.25) is 5.02 Å². The second-order valence-corrected chi connectivity index (χ2v) is 7.57. The number of amides is 1. The molecule has 23 heavy (non-hydrogen) atoms. The Kier molecular flexibility index (Phi) is 5.99. The maximum absolute atomic E-state index is 12.2. The molecule has 0 radical (unpaired) electrons. The standard InChI is InChI=1S/C14H21ClN4O3S/c1-17-10-3-2-6-19(8-10)9-14(20)18-13-7-11(23(16,21)22)4-5-12(13)15/h4-5,7,10,17H,2-3,6,8-9H2,1H3,(H,18,20)(H2,16,21,22). The first-order valence-corrected chi connectivity index (χ1v) is 9.24. The minimum atomic E-state index is -3.84. The summed E-state index contributed by atoms with van der Waals surface area (Å²) in [5.41, 5.74) is 0.241. The van der Waals surface area contributed by atoms with Gasteiger partial charge in [0, 0.05) is 12.6 Å². The first-order valence-electron chi connectivity index (χ1n) is 7.31. The number of halogens is 1. The Morgan fingerprint density at radius 2 is 2.22 bits per heavy atom. The van der Waals surface area contributed by atoms with Crippen LogP contribution in [-0.4, -0.2) is 51.9 Å². The van der Waals surface area contributed by atoms with Gasteiger partial charge in [0.05, 0.1) is 22.2 Å². The second-order valence-electron chi connectivity index (χ2n) is 5.60. The molecule has 128 valence electrons. The van der Waals surface area contributed by atoms with Gasteiger partial charge in [-0.15, -0.1) is 0 Å². The lowest BCUT2D eigenvalue weighted by molar-refractivity contribution is -0.117. The number of benzene rings is 1. The van der Waals surface area contributed by atoms with Gasteiger partial charge in [0.2, 0.25) is 15.9 Å². The molecule has 1 saturated heterocycles. The fourth-order valence-electron chi connectivity index (χ4n) is 2.60. The van der Waals surface area contributed by atoms with E-state index in [1.54, 1.807) is 0 Å². The minimum Gasteiger partial charge on any atom is -0.324 e. The topological polar surface area (TPSA) is 105 Å². The molecule has 1 fully saturated rings. The van der Waals surface area contributed by atoms with E-state index in [1.165, 1.54) is 18.2 Å². The van der Waals surface area contributed by atoms with E-state index in [1.807, 2.05) is 7.05 Å². The molecular formula is C14H21ClN4O3S. The number of hydrogen-bond donors (Lipinski definition) is 3. The third kappa shape index (κ3) is 5.15. The Morgan fingerprint density at radius 1 is 1.48 bits per heavy atom. The van der Waals surface area contributed by atoms with Crippen molar-refractivity contribution in [2.45, 2.75) is 23.8 Å². The number of nitrogens with zero attached hydrogens (tertiary/aromatic N) is 1. The Hall–Kier alpha value is -1.19. The molecule has 1 amide bonds. The van der Waals surface area contributed by atoms with Crippen LogP contribution in [0.5, 0.6) is 0 Å². The predicted molar refractivity (Wildman–Crippen MR) is 90.0 cm³/mol. The van der Waals surface area contributed by atoms with Crippen molar-refractivity contribution < 1.29 is 13.2 Å². The largest absolute Gasteiger partial charge is 0.324 e. The molecule has 1 unspecified atom stereocenters. The third-order valence-electron chi connectivity index (χ3n) is 3.82. The molecule has 1 aromatic rings. The first-order chi connectivity index (χ1) is 10.8. The number of piperidine rings is 1. The molecule has 0 bridgehead atoms. The van der Waals surface area contributed by atoms with Gasteiger partial charge in [-0.2, -0.15) is 0 Å². The molecular weight excluding hydrogens is 340 g/mol. The summed E-state index contributed by atoms with van der Waals surface area (Å²) in [6.07, 6.45) is 2.12. The summed E-state index contributed by atoms with van der Waals surface area (Å²) in [6, 6.07) is 4.35. The smallest absolute Gasteiger partial charge is 0.238 e. The van der Waals surface area contributed by atoms with Crippen LogP contribution in [0.3, 0.4) is 0 Å². The Morgan fingerprint density at radius 3 is 2.87 bits per heavy atom. The average Bonchev–Trinajstić information content (AvgIpc) is 2.48. The highest BCUT2D eigenvalue weighted by Gasteiger charge is 2.21. The lowest BCUT2D eigenvalue weighted by Crippen LogP contribution is -2.46. The highest BCUT2D eigenvalue weighted by molar-refractivity contribution is 7.89. The number of anilines is 1. The molecule has 1 aliphatic heterocycles. The molecule has 0 aromatic heterocycles. The first kappa shape index (κ1) is 18.2. The van der Waals surface area contributed by atoms with Crippen molar-refractivity contribution in [3.8, 4) is 0 Å². The van der Waals surface area contributed by atoms with Crippen LogP contribution in [0, 0.1) is 0 Å². The van der Waals surface area contributed by atoms with Crippen molar-refractivity contribution >= 4 is 33.2 Å². The molecule has 7 nitrogen and oxygen atoms in total. The number of primary sulfonamides is 1. The van der Waals surface area contributed by atoms with Gasteiger partial charge in [0.15, 0.2) is 0 Å². The second kappa shape index (κ2) is 7.59. The van der Waals surface area contributed by atoms with Crippen LogP contribution in [0.1, 0.15) is 12.8 Å². The lowest BCUT2D eigenvalue weighted by atomic mass is 10.1. The molecule has 9 heteroatoms. The van der Waals surface area contributed by atoms with E-state index < -0.39 is 10.0 Å². The van der Waals surface area contributed by atoms with Crippen molar-refractivity contribution in [3.63, 3.8) is 0 Å². The van der Waals surface area contributed by atoms with E-state index in [-0.39, 0.29) is 28.1 Å². The number of likely N-dealkylation sites (N-methyl/N-ethyl adjacent to an activating group) is 1. The Labute approximate surface area is 141 Å². The average molecular weight is 361 g/mol. The van der Waals surface area contributed by atoms with Crippen LogP contribution in [0.4, 0.5) is 5.69 Å². The minimum absolute atomic E-state index is 0.0922. The highest BCUT2D eigenvalue weighted by Crippen LogP contribution is 2.24. The van der Waals surface area contributed by atoms with Crippen LogP contribution in [-0.2, 0) is 14.8 Å². The zero-order valence-electron chi connectivity index (χ0n) is 12.9. The molecule has 1 aromatic carbocycles. The van der Waals surface area contributed by atoms with Crippen molar-refractivity contribution in [3.05, 3.63) is 23.2 Å². The van der Waals surface area contributed by atoms with Crippen molar-refractivity contribution in [2.24, 2.45) is 5.14 Å². The highest BCUT2D eigenvalue weighted by atomic mass is 35.5. The maximum atomic E-state index is 12.2. The van der Waals surface area contributed by atoms with Crippen LogP contribution >= 0.6 is 11.6 Å². The molecule has 0 aliphatic carbocycles. The number of nitrogens with one attached hydrogen (secondary N) is 2. The van der Waals surface area contributed by atoms with Crippen LogP contribution < -0.4 is 15.8 Å². The predicted octanol–water partition coefficient (Wildman–Crippen LogP) is 0.610. The summed E-state index contributed by atoms with van der Waals surface area (Å²) in [5.74, 6) is -0.241. The molecule has 1 atom stereocenters. The number of carbonyl (C=O) groups excluding carboxylic acids is 1. The third-order valence-corrected chi connectivity index (χ3v) is 5.06. The molecule has 1 aliphatic rings. The van der Waals surface area contributed by atoms with Crippen molar-refractivity contribution in [1.82, 2.24) is 10.2 Å². The number of rotatable bonds is 5. The zero-order valence-corrected chi connectivity index (χ0v) is 14.5. The summed E-state index contributed by atoms with van der Waals surface area (Å²) in [6.45, 7) is 1.89. The number of nitrogens with two attached hydrogens (primary N) is 1. The molecule has 2 rings (SSSR count). The number of sulfonamides is 1. The molecule has 1 heterocycles. The Balaban J connectivity index is 2.02. The van der Waals surface area contributed by atoms with Gasteiger partial charge in [0.1, 0.15) is 0 Å². The normalized spacial score (nSPS) is 19.5. The van der Waals surface area contributed by atoms with Crippen LogP contribution in [0.25, 0.3) is 0 Å². The fourth-order valence-corrected chi connectivity index (χ4v) is 3.31. The SMILES string of the molecule is CNC1CCCN(CC(=O)Nc2cc(S(N)(=O)=O)ccc2Cl)C1. The maximum Gasteiger partial charge on any atom is 0.238 e. The summed E-state index contributed by atoms with van der Waals surface area (Å²) >= 11 is 6.00. The van der Waals surface area contributed by atoms with Gasteiger partial charge in [-0.05, 0) is 44.6 Å². The van der Waals surface area contributed by atoms with Gasteiger partial charge in [0.25, 0.3) is 0 Å². The fraction of sp³-hybridized carbons (Fsp3) is 0.500. The van der Waals surface area contributed by atoms with Gasteiger partial charge in [-0.25, -0.2) is 13.6 Å². The van der Waals surface area contributed by atoms with Crippen molar-refractivity contribution in [1.29, 1.82) is 0 Å². The van der Waals surface area contributed by atoms with E-state index in [9.17, 15) is 13.2 Å². The van der Waals surface area contributed by atoms with E-state index in [0.717, 1.165) is 25.9 Å². The van der Waals surface area contributed by atoms with Gasteiger partial charge >= 0.3 is 0 Å². The number of carbonyl (C=O) groups is 1. The van der Waals surface area contributed by atoms with E-state index >= 15 is 0 Å². The lowest BCUT2D eigenvalue weighted by Gasteiger charge is -2.31. The number of hydrogen-bond acceptors (Lipinski definition) is 5. The number of likely N-dealkylation sites (tertiary alicyclic amines) is 1. The molecule has 0 spiro atoms. The Bertz CT molecular complexity index is 681. The van der Waals surface area contributed by atoms with Gasteiger partial charge < -0.3 is 10.6 Å². The summed E-state index contributed by atoms with van der Waals surface area (Å²) in [7, 11) is -1.93. The summed E-state index contributed by atoms with van der Waals surface area (Å²) in [5, 5.41) is 11.2. The summed E-state index contributed by atoms with van der Waals surface area (Å²) < 4.78 is 22.8. The van der Waals surface area contributed by atoms with Crippen molar-refractivity contribution in [2.75, 3.05) is 32.0 Å². The van der Waals surface area contributed by atoms with E-state index in [0.29, 0.717) is 6.04 Å². The zero-order chi connectivity index (χ0) is 17.0. The van der Waals surface area contributed by atoms with E-state index in [4.69, 9.17) is 16.7 Å². The molecule has 4 N–H and O–H groups in total. The van der Waals surface area contributed by atoms with Crippen LogP contribution in [0.15, 0.2) is 23.1 Å². The summed E-state index contributed by atoms with van der Waals surface area (Å²) in [4.78, 5) is 14.1. The van der Waals surface area contributed by atoms with Gasteiger partial charge in [-0.3, -0.25) is 9.69 Å². The van der Waals surface area contributed by atoms with E-state index in [2.05, 4.69) is 15.5 Å². The molecule has 0 saturated carbocycles.